The van der Waals surface area contributed by atoms with Gasteiger partial charge in [0.15, 0.2) is 11.6 Å². The van der Waals surface area contributed by atoms with Crippen LogP contribution >= 0.6 is 0 Å². The Morgan fingerprint density at radius 2 is 1.65 bits per heavy atom. The molecule has 1 fully saturated rings. The molecule has 3 N–H and O–H groups in total. The summed E-state index contributed by atoms with van der Waals surface area (Å²) in [6.45, 7) is 2.94. The van der Waals surface area contributed by atoms with Gasteiger partial charge in [0.1, 0.15) is 5.82 Å². The first-order valence-electron chi connectivity index (χ1n) is 8.69. The highest BCUT2D eigenvalue weighted by Gasteiger charge is 2.36. The zero-order valence-electron chi connectivity index (χ0n) is 14.6. The number of likely N-dealkylation sites (tertiary alicyclic amines) is 1. The van der Waals surface area contributed by atoms with Crippen LogP contribution in [0.15, 0.2) is 42.5 Å². The standard InChI is InChI=1S/C20H23F2NO3/c1-13(19(25)14-2-7-18(24)17(22)12-14)23-10-8-20(26,9-11-23)15-3-5-16(21)6-4-15/h2-7,12-13,19,24-26H,8-11H2,1H3/t13-,19+/m1/s1. The number of aliphatic hydroxyl groups is 2. The Labute approximate surface area is 151 Å². The number of hydrogen-bond acceptors (Lipinski definition) is 4. The number of nitrogens with zero attached hydrogens (tertiary/aromatic N) is 1. The van der Waals surface area contributed by atoms with Crippen LogP contribution in [0.5, 0.6) is 5.75 Å². The lowest BCUT2D eigenvalue weighted by atomic mass is 9.83. The molecule has 1 aliphatic heterocycles. The summed E-state index contributed by atoms with van der Waals surface area (Å²) in [4.78, 5) is 2.04. The lowest BCUT2D eigenvalue weighted by Gasteiger charge is -2.42. The van der Waals surface area contributed by atoms with E-state index in [1.165, 1.54) is 24.3 Å². The van der Waals surface area contributed by atoms with Crippen molar-refractivity contribution in [1.29, 1.82) is 0 Å². The zero-order valence-corrected chi connectivity index (χ0v) is 14.6. The number of benzene rings is 2. The quantitative estimate of drug-likeness (QED) is 0.781. The Balaban J connectivity index is 1.66. The second kappa shape index (κ2) is 7.31. The summed E-state index contributed by atoms with van der Waals surface area (Å²) in [5, 5.41) is 30.7. The lowest BCUT2D eigenvalue weighted by molar-refractivity contribution is -0.0502. The van der Waals surface area contributed by atoms with Crippen molar-refractivity contribution >= 4 is 0 Å². The Morgan fingerprint density at radius 1 is 1.04 bits per heavy atom. The maximum Gasteiger partial charge on any atom is 0.165 e. The Bertz CT molecular complexity index is 758. The maximum absolute atomic E-state index is 13.5. The van der Waals surface area contributed by atoms with Gasteiger partial charge in [-0.2, -0.15) is 0 Å². The number of rotatable bonds is 4. The van der Waals surface area contributed by atoms with Gasteiger partial charge in [-0.25, -0.2) is 8.78 Å². The summed E-state index contributed by atoms with van der Waals surface area (Å²) in [6, 6.07) is 9.45. The minimum atomic E-state index is -1.01. The molecule has 3 rings (SSSR count). The molecule has 0 unspecified atom stereocenters. The van der Waals surface area contributed by atoms with Crippen molar-refractivity contribution < 1.29 is 24.1 Å². The van der Waals surface area contributed by atoms with Crippen LogP contribution in [0.3, 0.4) is 0 Å². The molecule has 0 aromatic heterocycles. The molecule has 4 nitrogen and oxygen atoms in total. The molecule has 1 aliphatic rings. The topological polar surface area (TPSA) is 63.9 Å². The van der Waals surface area contributed by atoms with E-state index >= 15 is 0 Å². The number of aliphatic hydroxyl groups excluding tert-OH is 1. The Kier molecular flexibility index (Phi) is 5.27. The van der Waals surface area contributed by atoms with Crippen molar-refractivity contribution in [3.05, 3.63) is 65.2 Å². The number of halogens is 2. The monoisotopic (exact) mass is 363 g/mol. The minimum Gasteiger partial charge on any atom is -0.505 e. The van der Waals surface area contributed by atoms with Gasteiger partial charge in [0, 0.05) is 19.1 Å². The van der Waals surface area contributed by atoms with Gasteiger partial charge >= 0.3 is 0 Å². The fourth-order valence-corrected chi connectivity index (χ4v) is 3.54. The van der Waals surface area contributed by atoms with E-state index < -0.39 is 23.3 Å². The van der Waals surface area contributed by atoms with Gasteiger partial charge in [0.05, 0.1) is 11.7 Å². The average molecular weight is 363 g/mol. The van der Waals surface area contributed by atoms with Crippen LogP contribution < -0.4 is 0 Å². The Morgan fingerprint density at radius 3 is 2.23 bits per heavy atom. The van der Waals surface area contributed by atoms with Crippen LogP contribution in [0.25, 0.3) is 0 Å². The first kappa shape index (κ1) is 18.8. The van der Waals surface area contributed by atoms with Gasteiger partial charge in [0.25, 0.3) is 0 Å². The van der Waals surface area contributed by atoms with E-state index in [4.69, 9.17) is 0 Å². The third-order valence-electron chi connectivity index (χ3n) is 5.35. The van der Waals surface area contributed by atoms with E-state index in [2.05, 4.69) is 0 Å². The van der Waals surface area contributed by atoms with Crippen LogP contribution in [-0.2, 0) is 5.60 Å². The molecule has 1 saturated heterocycles. The zero-order chi connectivity index (χ0) is 18.9. The summed E-state index contributed by atoms with van der Waals surface area (Å²) < 4.78 is 26.6. The predicted molar refractivity (Wildman–Crippen MR) is 93.6 cm³/mol. The summed E-state index contributed by atoms with van der Waals surface area (Å²) in [5.41, 5.74) is 0.0685. The highest BCUT2D eigenvalue weighted by atomic mass is 19.1. The van der Waals surface area contributed by atoms with Crippen molar-refractivity contribution in [3.63, 3.8) is 0 Å². The number of phenolic OH excluding ortho intramolecular Hbond substituents is 1. The number of aromatic hydroxyl groups is 1. The molecule has 0 saturated carbocycles. The van der Waals surface area contributed by atoms with E-state index in [-0.39, 0.29) is 11.9 Å². The summed E-state index contributed by atoms with van der Waals surface area (Å²) in [7, 11) is 0. The number of phenols is 1. The molecule has 0 aliphatic carbocycles. The van der Waals surface area contributed by atoms with Crippen molar-refractivity contribution in [1.82, 2.24) is 4.90 Å². The normalized spacial score (nSPS) is 19.9. The largest absolute Gasteiger partial charge is 0.505 e. The molecule has 6 heteroatoms. The molecule has 0 bridgehead atoms. The van der Waals surface area contributed by atoms with E-state index in [9.17, 15) is 24.1 Å². The van der Waals surface area contributed by atoms with Crippen LogP contribution in [0.4, 0.5) is 8.78 Å². The van der Waals surface area contributed by atoms with E-state index in [1.807, 2.05) is 11.8 Å². The van der Waals surface area contributed by atoms with Crippen LogP contribution in [0.2, 0.25) is 0 Å². The highest BCUT2D eigenvalue weighted by Crippen LogP contribution is 2.35. The third-order valence-corrected chi connectivity index (χ3v) is 5.35. The maximum atomic E-state index is 13.5. The second-order valence-corrected chi connectivity index (χ2v) is 6.97. The summed E-state index contributed by atoms with van der Waals surface area (Å²) in [6.07, 6.45) is 0.00123. The van der Waals surface area contributed by atoms with Crippen molar-refractivity contribution in [2.45, 2.75) is 37.5 Å². The van der Waals surface area contributed by atoms with Gasteiger partial charge in [-0.1, -0.05) is 18.2 Å². The molecule has 2 atom stereocenters. The predicted octanol–water partition coefficient (Wildman–Crippen LogP) is 3.08. The van der Waals surface area contributed by atoms with Gasteiger partial charge in [-0.3, -0.25) is 4.90 Å². The SMILES string of the molecule is C[C@H]([C@H](O)c1ccc(O)c(F)c1)N1CCC(O)(c2ccc(F)cc2)CC1. The van der Waals surface area contributed by atoms with Crippen LogP contribution in [0, 0.1) is 11.6 Å². The van der Waals surface area contributed by atoms with Gasteiger partial charge in [0.2, 0.25) is 0 Å². The molecular formula is C20H23F2NO3. The van der Waals surface area contributed by atoms with Crippen molar-refractivity contribution in [2.24, 2.45) is 0 Å². The fraction of sp³-hybridized carbons (Fsp3) is 0.400. The van der Waals surface area contributed by atoms with E-state index in [1.54, 1.807) is 12.1 Å². The first-order chi connectivity index (χ1) is 12.3. The summed E-state index contributed by atoms with van der Waals surface area (Å²) >= 11 is 0. The molecule has 2 aromatic rings. The van der Waals surface area contributed by atoms with Gasteiger partial charge in [-0.15, -0.1) is 0 Å². The van der Waals surface area contributed by atoms with Crippen molar-refractivity contribution in [2.75, 3.05) is 13.1 Å². The molecule has 0 spiro atoms. The van der Waals surface area contributed by atoms with E-state index in [0.717, 1.165) is 6.07 Å². The lowest BCUT2D eigenvalue weighted by Crippen LogP contribution is -2.47. The van der Waals surface area contributed by atoms with Crippen molar-refractivity contribution in [3.8, 4) is 5.75 Å². The molecule has 2 aromatic carbocycles. The fourth-order valence-electron chi connectivity index (χ4n) is 3.54. The number of piperidine rings is 1. The summed E-state index contributed by atoms with van der Waals surface area (Å²) in [5.74, 6) is -1.55. The highest BCUT2D eigenvalue weighted by molar-refractivity contribution is 5.30. The minimum absolute atomic E-state index is 0.281. The van der Waals surface area contributed by atoms with Gasteiger partial charge in [-0.05, 0) is 55.2 Å². The van der Waals surface area contributed by atoms with Gasteiger partial charge < -0.3 is 15.3 Å². The third kappa shape index (κ3) is 3.72. The Hall–Kier alpha value is -2.02. The molecule has 26 heavy (non-hydrogen) atoms. The van der Waals surface area contributed by atoms with Crippen LogP contribution in [0.1, 0.15) is 37.0 Å². The molecule has 0 amide bonds. The van der Waals surface area contributed by atoms with E-state index in [0.29, 0.717) is 37.1 Å². The molecule has 1 heterocycles. The second-order valence-electron chi connectivity index (χ2n) is 6.97. The average Bonchev–Trinajstić information content (AvgIpc) is 2.64. The molecule has 0 radical (unpaired) electrons. The smallest absolute Gasteiger partial charge is 0.165 e. The molecular weight excluding hydrogens is 340 g/mol. The first-order valence-corrected chi connectivity index (χ1v) is 8.69. The number of hydrogen-bond donors (Lipinski definition) is 3. The van der Waals surface area contributed by atoms with Crippen LogP contribution in [-0.4, -0.2) is 39.4 Å². The molecule has 140 valence electrons.